The molecule has 0 saturated carbocycles. The van der Waals surface area contributed by atoms with E-state index in [0.717, 1.165) is 0 Å². The topological polar surface area (TPSA) is 146 Å². The molecule has 146 valence electrons. The van der Waals surface area contributed by atoms with Crippen LogP contribution in [0.5, 0.6) is 0 Å². The van der Waals surface area contributed by atoms with Crippen LogP contribution in [0.4, 0.5) is 0 Å². The van der Waals surface area contributed by atoms with Gasteiger partial charge in [0.15, 0.2) is 6.29 Å². The summed E-state index contributed by atoms with van der Waals surface area (Å²) >= 11 is 0. The molecule has 2 fully saturated rings. The fourth-order valence-electron chi connectivity index (χ4n) is 2.59. The molecular weight excluding hydrogens is 360 g/mol. The van der Waals surface area contributed by atoms with Crippen LogP contribution in [0.3, 0.4) is 0 Å². The van der Waals surface area contributed by atoms with Gasteiger partial charge in [0.1, 0.15) is 43.2 Å². The van der Waals surface area contributed by atoms with E-state index in [1.807, 2.05) is 0 Å². The Hall–Kier alpha value is -2.13. The monoisotopic (exact) mass is 380 g/mol. The van der Waals surface area contributed by atoms with Crippen LogP contribution in [0.25, 0.3) is 0 Å². The van der Waals surface area contributed by atoms with Gasteiger partial charge in [0.2, 0.25) is 0 Å². The number of carbonyl (C=O) groups is 1. The normalized spacial score (nSPS) is 35.0. The molecule has 0 aliphatic carbocycles. The van der Waals surface area contributed by atoms with Gasteiger partial charge in [0, 0.05) is 6.42 Å². The fourth-order valence-corrected chi connectivity index (χ4v) is 2.59. The summed E-state index contributed by atoms with van der Waals surface area (Å²) in [5.41, 5.74) is 0. The zero-order valence-electron chi connectivity index (χ0n) is 14.2. The summed E-state index contributed by atoms with van der Waals surface area (Å²) in [7, 11) is 0. The molecule has 0 bridgehead atoms. The highest BCUT2D eigenvalue weighted by Crippen LogP contribution is 2.28. The number of hydrogen-bond acceptors (Lipinski definition) is 9. The largest absolute Gasteiger partial charge is 0.458 e. The van der Waals surface area contributed by atoms with Gasteiger partial charge in [-0.1, -0.05) is 11.8 Å². The van der Waals surface area contributed by atoms with Gasteiger partial charge in [-0.15, -0.1) is 0 Å². The van der Waals surface area contributed by atoms with Crippen molar-refractivity contribution in [3.05, 3.63) is 0 Å². The van der Waals surface area contributed by atoms with Crippen LogP contribution in [-0.4, -0.2) is 87.6 Å². The lowest BCUT2D eigenvalue weighted by Gasteiger charge is -2.40. The Morgan fingerprint density at radius 2 is 1.67 bits per heavy atom. The second-order valence-corrected chi connectivity index (χ2v) is 5.82. The zero-order valence-corrected chi connectivity index (χ0v) is 14.2. The predicted molar refractivity (Wildman–Crippen MR) is 88.2 cm³/mol. The van der Waals surface area contributed by atoms with Crippen molar-refractivity contribution in [2.75, 3.05) is 13.2 Å². The van der Waals surface area contributed by atoms with E-state index in [-0.39, 0.29) is 19.4 Å². The minimum atomic E-state index is -1.58. The highest BCUT2D eigenvalue weighted by molar-refractivity contribution is 5.72. The smallest absolute Gasteiger partial charge is 0.308 e. The van der Waals surface area contributed by atoms with Crippen molar-refractivity contribution in [2.45, 2.75) is 55.8 Å². The van der Waals surface area contributed by atoms with Crippen molar-refractivity contribution in [1.29, 1.82) is 0 Å². The molecule has 0 aromatic heterocycles. The molecule has 7 unspecified atom stereocenters. The molecule has 0 spiro atoms. The lowest BCUT2D eigenvalue weighted by Crippen LogP contribution is -2.60. The van der Waals surface area contributed by atoms with Gasteiger partial charge in [-0.3, -0.25) is 4.79 Å². The Kier molecular flexibility index (Phi) is 8.05. The Bertz CT molecular complexity index is 700. The number of carbonyl (C=O) groups excluding carboxylic acids is 1. The van der Waals surface area contributed by atoms with E-state index in [1.54, 1.807) is 0 Å². The van der Waals surface area contributed by atoms with E-state index in [2.05, 4.69) is 35.5 Å². The van der Waals surface area contributed by atoms with E-state index < -0.39 is 55.5 Å². The molecule has 2 aliphatic rings. The van der Waals surface area contributed by atoms with Gasteiger partial charge in [-0.05, 0) is 23.7 Å². The molecule has 9 nitrogen and oxygen atoms in total. The van der Waals surface area contributed by atoms with Crippen LogP contribution < -0.4 is 0 Å². The van der Waals surface area contributed by atoms with Gasteiger partial charge in [0.05, 0.1) is 13.0 Å². The lowest BCUT2D eigenvalue weighted by molar-refractivity contribution is -0.313. The van der Waals surface area contributed by atoms with Crippen molar-refractivity contribution in [2.24, 2.45) is 0 Å². The van der Waals surface area contributed by atoms with E-state index in [0.29, 0.717) is 0 Å². The molecule has 2 aliphatic heterocycles. The summed E-state index contributed by atoms with van der Waals surface area (Å²) in [6.45, 7) is -0.880. The average Bonchev–Trinajstić information content (AvgIpc) is 3.00. The van der Waals surface area contributed by atoms with E-state index in [4.69, 9.17) is 19.3 Å². The summed E-state index contributed by atoms with van der Waals surface area (Å²) in [6, 6.07) is 0. The molecule has 2 rings (SSSR count). The van der Waals surface area contributed by atoms with Crippen LogP contribution >= 0.6 is 0 Å². The molecule has 7 atom stereocenters. The minimum Gasteiger partial charge on any atom is -0.458 e. The maximum Gasteiger partial charge on any atom is 0.308 e. The van der Waals surface area contributed by atoms with Crippen LogP contribution in [0.2, 0.25) is 0 Å². The van der Waals surface area contributed by atoms with Gasteiger partial charge in [-0.25, -0.2) is 0 Å². The molecule has 0 radical (unpaired) electrons. The van der Waals surface area contributed by atoms with Crippen molar-refractivity contribution < 1.29 is 44.5 Å². The first-order chi connectivity index (χ1) is 13.0. The first-order valence-corrected chi connectivity index (χ1v) is 8.20. The van der Waals surface area contributed by atoms with Crippen LogP contribution in [0.15, 0.2) is 0 Å². The third-order valence-corrected chi connectivity index (χ3v) is 3.97. The van der Waals surface area contributed by atoms with Gasteiger partial charge in [0.25, 0.3) is 0 Å². The third kappa shape index (κ3) is 5.67. The summed E-state index contributed by atoms with van der Waals surface area (Å²) in [5, 5.41) is 47.2. The highest BCUT2D eigenvalue weighted by Gasteiger charge is 2.47. The van der Waals surface area contributed by atoms with Crippen molar-refractivity contribution in [1.82, 2.24) is 0 Å². The maximum absolute atomic E-state index is 11.6. The highest BCUT2D eigenvalue weighted by atomic mass is 16.7. The van der Waals surface area contributed by atoms with E-state index in [1.165, 1.54) is 0 Å². The first-order valence-electron chi connectivity index (χ1n) is 8.20. The number of hydrogen-bond donors (Lipinski definition) is 5. The number of aliphatic hydroxyl groups excluding tert-OH is 5. The van der Waals surface area contributed by atoms with Crippen molar-refractivity contribution >= 4 is 5.97 Å². The van der Waals surface area contributed by atoms with Crippen LogP contribution in [0, 0.1) is 35.5 Å². The first kappa shape index (κ1) is 21.2. The second kappa shape index (κ2) is 10.3. The standard InChI is InChI=1S/C18H20O9/c19-8-6-4-2-1-3-5-7-11-12(9-14(21)25-11)26-18-17(24)16(23)15(22)13(10-20)27-18/h11-13,15-20,22-24H,7-10H2. The molecule has 0 aromatic carbocycles. The van der Waals surface area contributed by atoms with Crippen LogP contribution in [0.1, 0.15) is 12.8 Å². The number of ether oxygens (including phenoxy) is 3. The molecule has 0 aromatic rings. The van der Waals surface area contributed by atoms with Gasteiger partial charge in [-0.2, -0.15) is 0 Å². The molecule has 5 N–H and O–H groups in total. The molecule has 27 heavy (non-hydrogen) atoms. The number of aliphatic hydroxyl groups is 5. The van der Waals surface area contributed by atoms with E-state index >= 15 is 0 Å². The molecule has 9 heteroatoms. The van der Waals surface area contributed by atoms with E-state index in [9.17, 15) is 25.2 Å². The molecule has 2 saturated heterocycles. The second-order valence-electron chi connectivity index (χ2n) is 5.82. The Morgan fingerprint density at radius 1 is 0.963 bits per heavy atom. The summed E-state index contributed by atoms with van der Waals surface area (Å²) in [4.78, 5) is 11.6. The Balaban J connectivity index is 1.98. The number of rotatable bonds is 4. The SMILES string of the molecule is O=C1CC(OC2OC(CO)C(O)C(O)C2O)C(CC#CC#CC#CCO)O1. The summed E-state index contributed by atoms with van der Waals surface area (Å²) < 4.78 is 15.9. The fraction of sp³-hybridized carbons (Fsp3) is 0.611. The summed E-state index contributed by atoms with van der Waals surface area (Å²) in [6.07, 6.45) is -8.64. The Morgan fingerprint density at radius 3 is 2.33 bits per heavy atom. The molecular formula is C18H20O9. The zero-order chi connectivity index (χ0) is 19.8. The number of esters is 1. The molecule has 0 amide bonds. The third-order valence-electron chi connectivity index (χ3n) is 3.97. The lowest BCUT2D eigenvalue weighted by atomic mass is 9.99. The van der Waals surface area contributed by atoms with Gasteiger partial charge < -0.3 is 39.7 Å². The Labute approximate surface area is 155 Å². The predicted octanol–water partition coefficient (Wildman–Crippen LogP) is -3.12. The summed E-state index contributed by atoms with van der Waals surface area (Å²) in [5.74, 6) is 14.3. The van der Waals surface area contributed by atoms with Crippen LogP contribution in [-0.2, 0) is 19.0 Å². The maximum atomic E-state index is 11.6. The average molecular weight is 380 g/mol. The minimum absolute atomic E-state index is 0.102. The number of cyclic esters (lactones) is 1. The van der Waals surface area contributed by atoms with Gasteiger partial charge >= 0.3 is 5.97 Å². The van der Waals surface area contributed by atoms with Crippen molar-refractivity contribution in [3.63, 3.8) is 0 Å². The van der Waals surface area contributed by atoms with Crippen molar-refractivity contribution in [3.8, 4) is 35.5 Å². The quantitative estimate of drug-likeness (QED) is 0.252. The molecule has 2 heterocycles.